The number of nitrogens with one attached hydrogen (secondary N) is 1. The molecule has 0 bridgehead atoms. The number of rotatable bonds is 5. The number of carbonyl (C=O) groups is 1. The molecule has 126 valence electrons. The second-order valence-corrected chi connectivity index (χ2v) is 5.91. The van der Waals surface area contributed by atoms with Gasteiger partial charge in [0.15, 0.2) is 0 Å². The predicted molar refractivity (Wildman–Crippen MR) is 92.1 cm³/mol. The number of piperidine rings is 1. The van der Waals surface area contributed by atoms with Crippen LogP contribution < -0.4 is 15.0 Å². The van der Waals surface area contributed by atoms with Crippen molar-refractivity contribution in [1.82, 2.24) is 15.3 Å². The Morgan fingerprint density at radius 3 is 2.71 bits per heavy atom. The molecule has 1 saturated heterocycles. The lowest BCUT2D eigenvalue weighted by molar-refractivity contribution is -0.121. The van der Waals surface area contributed by atoms with Crippen molar-refractivity contribution in [3.63, 3.8) is 0 Å². The van der Waals surface area contributed by atoms with E-state index in [2.05, 4.69) is 20.2 Å². The molecule has 1 aromatic carbocycles. The molecule has 1 aromatic heterocycles. The second kappa shape index (κ2) is 7.77. The molecular weight excluding hydrogens is 304 g/mol. The highest BCUT2D eigenvalue weighted by Gasteiger charge is 2.22. The predicted octanol–water partition coefficient (Wildman–Crippen LogP) is 1.81. The van der Waals surface area contributed by atoms with Crippen LogP contribution in [0.3, 0.4) is 0 Å². The average Bonchev–Trinajstić information content (AvgIpc) is 2.63. The largest absolute Gasteiger partial charge is 0.497 e. The van der Waals surface area contributed by atoms with Crippen LogP contribution in [0, 0.1) is 0 Å². The zero-order chi connectivity index (χ0) is 16.8. The van der Waals surface area contributed by atoms with E-state index in [0.717, 1.165) is 43.2 Å². The van der Waals surface area contributed by atoms with E-state index in [0.29, 0.717) is 6.42 Å². The number of amides is 1. The van der Waals surface area contributed by atoms with Crippen LogP contribution in [0.1, 0.15) is 18.4 Å². The zero-order valence-electron chi connectivity index (χ0n) is 13.8. The van der Waals surface area contributed by atoms with Gasteiger partial charge in [-0.2, -0.15) is 0 Å². The van der Waals surface area contributed by atoms with E-state index < -0.39 is 0 Å². The van der Waals surface area contributed by atoms with Crippen LogP contribution in [0.5, 0.6) is 5.75 Å². The van der Waals surface area contributed by atoms with Gasteiger partial charge in [-0.05, 0) is 36.6 Å². The molecule has 1 N–H and O–H groups in total. The minimum atomic E-state index is 0.0534. The van der Waals surface area contributed by atoms with Crippen molar-refractivity contribution in [2.45, 2.75) is 25.3 Å². The summed E-state index contributed by atoms with van der Waals surface area (Å²) in [5.74, 6) is 1.59. The molecule has 0 aliphatic carbocycles. The van der Waals surface area contributed by atoms with E-state index in [9.17, 15) is 4.79 Å². The number of hydrogen-bond donors (Lipinski definition) is 1. The zero-order valence-corrected chi connectivity index (χ0v) is 13.8. The van der Waals surface area contributed by atoms with Crippen molar-refractivity contribution in [3.8, 4) is 5.75 Å². The van der Waals surface area contributed by atoms with Gasteiger partial charge in [0.2, 0.25) is 11.9 Å². The van der Waals surface area contributed by atoms with Crippen LogP contribution in [-0.4, -0.2) is 42.1 Å². The topological polar surface area (TPSA) is 67.3 Å². The number of aromatic nitrogens is 2. The Labute approximate surface area is 141 Å². The third kappa shape index (κ3) is 4.22. The first kappa shape index (κ1) is 16.2. The summed E-state index contributed by atoms with van der Waals surface area (Å²) in [6.07, 6.45) is 5.69. The first-order chi connectivity index (χ1) is 11.7. The molecule has 1 amide bonds. The SMILES string of the molecule is COc1cccc(CC(=O)NC2CCN(c3ncccn3)CC2)c1. The smallest absolute Gasteiger partial charge is 0.225 e. The maximum absolute atomic E-state index is 12.2. The van der Waals surface area contributed by atoms with Crippen LogP contribution in [0.2, 0.25) is 0 Å². The van der Waals surface area contributed by atoms with Gasteiger partial charge in [-0.15, -0.1) is 0 Å². The fourth-order valence-corrected chi connectivity index (χ4v) is 2.92. The quantitative estimate of drug-likeness (QED) is 0.908. The molecule has 0 radical (unpaired) electrons. The Balaban J connectivity index is 1.48. The summed E-state index contributed by atoms with van der Waals surface area (Å²) < 4.78 is 5.19. The van der Waals surface area contributed by atoms with Gasteiger partial charge in [-0.3, -0.25) is 4.79 Å². The molecule has 24 heavy (non-hydrogen) atoms. The van der Waals surface area contributed by atoms with Crippen LogP contribution in [0.4, 0.5) is 5.95 Å². The van der Waals surface area contributed by atoms with Crippen molar-refractivity contribution in [2.24, 2.45) is 0 Å². The Morgan fingerprint density at radius 2 is 2.00 bits per heavy atom. The molecule has 0 atom stereocenters. The summed E-state index contributed by atoms with van der Waals surface area (Å²) in [6, 6.07) is 9.65. The van der Waals surface area contributed by atoms with E-state index in [4.69, 9.17) is 4.74 Å². The lowest BCUT2D eigenvalue weighted by atomic mass is 10.0. The number of anilines is 1. The number of hydrogen-bond acceptors (Lipinski definition) is 5. The molecule has 1 aliphatic heterocycles. The number of methoxy groups -OCH3 is 1. The number of nitrogens with zero attached hydrogens (tertiary/aromatic N) is 3. The molecule has 6 heteroatoms. The Kier molecular flexibility index (Phi) is 5.25. The third-order valence-electron chi connectivity index (χ3n) is 4.19. The van der Waals surface area contributed by atoms with Gasteiger partial charge in [0, 0.05) is 31.5 Å². The van der Waals surface area contributed by atoms with Crippen molar-refractivity contribution >= 4 is 11.9 Å². The maximum Gasteiger partial charge on any atom is 0.225 e. The summed E-state index contributed by atoms with van der Waals surface area (Å²) in [4.78, 5) is 23.0. The van der Waals surface area contributed by atoms with Crippen LogP contribution >= 0.6 is 0 Å². The third-order valence-corrected chi connectivity index (χ3v) is 4.19. The second-order valence-electron chi connectivity index (χ2n) is 5.91. The van der Waals surface area contributed by atoms with Gasteiger partial charge in [-0.25, -0.2) is 9.97 Å². The van der Waals surface area contributed by atoms with Crippen LogP contribution in [-0.2, 0) is 11.2 Å². The van der Waals surface area contributed by atoms with E-state index in [1.54, 1.807) is 19.5 Å². The highest BCUT2D eigenvalue weighted by molar-refractivity contribution is 5.79. The molecule has 0 unspecified atom stereocenters. The molecule has 0 saturated carbocycles. The van der Waals surface area contributed by atoms with Crippen LogP contribution in [0.15, 0.2) is 42.7 Å². The number of carbonyl (C=O) groups excluding carboxylic acids is 1. The Morgan fingerprint density at radius 1 is 1.25 bits per heavy atom. The van der Waals surface area contributed by atoms with E-state index >= 15 is 0 Å². The molecular formula is C18H22N4O2. The van der Waals surface area contributed by atoms with Gasteiger partial charge in [0.25, 0.3) is 0 Å². The molecule has 3 rings (SSSR count). The Hall–Kier alpha value is -2.63. The summed E-state index contributed by atoms with van der Waals surface area (Å²) >= 11 is 0. The average molecular weight is 326 g/mol. The van der Waals surface area contributed by atoms with Gasteiger partial charge in [0.1, 0.15) is 5.75 Å². The van der Waals surface area contributed by atoms with Crippen LogP contribution in [0.25, 0.3) is 0 Å². The normalized spacial score (nSPS) is 15.1. The monoisotopic (exact) mass is 326 g/mol. The molecule has 0 spiro atoms. The van der Waals surface area contributed by atoms with Crippen molar-refractivity contribution in [3.05, 3.63) is 48.3 Å². The number of benzene rings is 1. The molecule has 6 nitrogen and oxygen atoms in total. The summed E-state index contributed by atoms with van der Waals surface area (Å²) in [6.45, 7) is 1.71. The highest BCUT2D eigenvalue weighted by Crippen LogP contribution is 2.16. The van der Waals surface area contributed by atoms with Crippen molar-refractivity contribution in [1.29, 1.82) is 0 Å². The standard InChI is InChI=1S/C18H22N4O2/c1-24-16-5-2-4-14(12-16)13-17(23)21-15-6-10-22(11-7-15)18-19-8-3-9-20-18/h2-5,8-9,12,15H,6-7,10-11,13H2,1H3,(H,21,23). The molecule has 1 fully saturated rings. The summed E-state index contributed by atoms with van der Waals surface area (Å²) in [7, 11) is 1.63. The van der Waals surface area contributed by atoms with Crippen molar-refractivity contribution < 1.29 is 9.53 Å². The van der Waals surface area contributed by atoms with E-state index in [1.807, 2.05) is 30.3 Å². The van der Waals surface area contributed by atoms with Gasteiger partial charge in [0.05, 0.1) is 13.5 Å². The van der Waals surface area contributed by atoms with E-state index in [1.165, 1.54) is 0 Å². The Bertz CT molecular complexity index is 670. The van der Waals surface area contributed by atoms with Crippen molar-refractivity contribution in [2.75, 3.05) is 25.1 Å². The lowest BCUT2D eigenvalue weighted by Crippen LogP contribution is -2.45. The molecule has 1 aliphatic rings. The minimum Gasteiger partial charge on any atom is -0.497 e. The number of ether oxygens (including phenoxy) is 1. The first-order valence-corrected chi connectivity index (χ1v) is 8.19. The first-order valence-electron chi connectivity index (χ1n) is 8.19. The lowest BCUT2D eigenvalue weighted by Gasteiger charge is -2.32. The van der Waals surface area contributed by atoms with Gasteiger partial charge >= 0.3 is 0 Å². The van der Waals surface area contributed by atoms with E-state index in [-0.39, 0.29) is 11.9 Å². The molecule has 2 heterocycles. The van der Waals surface area contributed by atoms with Gasteiger partial charge in [-0.1, -0.05) is 12.1 Å². The fourth-order valence-electron chi connectivity index (χ4n) is 2.92. The molecule has 2 aromatic rings. The summed E-state index contributed by atoms with van der Waals surface area (Å²) in [5, 5.41) is 3.13. The maximum atomic E-state index is 12.2. The highest BCUT2D eigenvalue weighted by atomic mass is 16.5. The van der Waals surface area contributed by atoms with Gasteiger partial charge < -0.3 is 15.0 Å². The fraction of sp³-hybridized carbons (Fsp3) is 0.389. The minimum absolute atomic E-state index is 0.0534. The summed E-state index contributed by atoms with van der Waals surface area (Å²) in [5.41, 5.74) is 0.960.